The fourth-order valence-electron chi connectivity index (χ4n) is 4.60. The van der Waals surface area contributed by atoms with Crippen LogP contribution in [0.3, 0.4) is 0 Å². The monoisotopic (exact) mass is 600 g/mol. The van der Waals surface area contributed by atoms with Crippen molar-refractivity contribution in [2.75, 3.05) is 13.7 Å². The molecule has 206 valence electrons. The Morgan fingerprint density at radius 2 is 2.03 bits per heavy atom. The molecule has 1 saturated carbocycles. The first-order chi connectivity index (χ1) is 18.7. The minimum absolute atomic E-state index is 0.0298. The van der Waals surface area contributed by atoms with Crippen LogP contribution in [-0.2, 0) is 9.53 Å². The van der Waals surface area contributed by atoms with Crippen molar-refractivity contribution in [3.8, 4) is 11.5 Å². The van der Waals surface area contributed by atoms with Gasteiger partial charge in [0.2, 0.25) is 5.75 Å². The number of esters is 1. The van der Waals surface area contributed by atoms with E-state index >= 15 is 0 Å². The van der Waals surface area contributed by atoms with E-state index < -0.39 is 22.7 Å². The molecule has 39 heavy (non-hydrogen) atoms. The van der Waals surface area contributed by atoms with Crippen LogP contribution in [0.25, 0.3) is 10.9 Å². The molecule has 3 aromatic rings. The molecule has 0 spiro atoms. The molecule has 0 bridgehead atoms. The number of hydrogen-bond donors (Lipinski definition) is 0. The lowest BCUT2D eigenvalue weighted by molar-refractivity contribution is -0.386. The van der Waals surface area contributed by atoms with Gasteiger partial charge in [-0.05, 0) is 51.0 Å². The predicted octanol–water partition coefficient (Wildman–Crippen LogP) is 5.34. The maximum atomic E-state index is 13.5. The summed E-state index contributed by atoms with van der Waals surface area (Å²) in [5, 5.41) is 16.8. The van der Waals surface area contributed by atoms with E-state index in [0.717, 1.165) is 36.6 Å². The number of methoxy groups -OCH3 is 1. The quantitative estimate of drug-likeness (QED) is 0.139. The lowest BCUT2D eigenvalue weighted by atomic mass is 9.88. The number of carbonyl (C=O) groups excluding carboxylic acids is 1. The van der Waals surface area contributed by atoms with Gasteiger partial charge in [0.05, 0.1) is 35.8 Å². The number of halogens is 1. The molecule has 1 fully saturated rings. The topological polar surface area (TPSA) is 135 Å². The Kier molecular flexibility index (Phi) is 8.95. The number of nitrogens with zero attached hydrogens (tertiary/aromatic N) is 4. The van der Waals surface area contributed by atoms with E-state index in [-0.39, 0.29) is 29.6 Å². The zero-order chi connectivity index (χ0) is 28.1. The molecular formula is C27H29BrN4O7. The van der Waals surface area contributed by atoms with Gasteiger partial charge >= 0.3 is 11.7 Å². The molecule has 0 amide bonds. The number of benzene rings is 2. The first kappa shape index (κ1) is 28.2. The highest BCUT2D eigenvalue weighted by Gasteiger charge is 2.27. The van der Waals surface area contributed by atoms with Crippen LogP contribution < -0.4 is 15.0 Å². The summed E-state index contributed by atoms with van der Waals surface area (Å²) in [4.78, 5) is 41.7. The van der Waals surface area contributed by atoms with E-state index in [1.807, 2.05) is 6.07 Å². The summed E-state index contributed by atoms with van der Waals surface area (Å²) in [6.45, 7) is 3.22. The van der Waals surface area contributed by atoms with Crippen molar-refractivity contribution in [1.29, 1.82) is 0 Å². The third-order valence-corrected chi connectivity index (χ3v) is 7.01. The van der Waals surface area contributed by atoms with E-state index in [4.69, 9.17) is 19.2 Å². The van der Waals surface area contributed by atoms with E-state index in [1.165, 1.54) is 37.1 Å². The van der Waals surface area contributed by atoms with Gasteiger partial charge in [-0.3, -0.25) is 14.9 Å². The summed E-state index contributed by atoms with van der Waals surface area (Å²) in [5.74, 6) is -0.208. The molecule has 0 saturated heterocycles. The molecule has 1 atom stereocenters. The number of nitro benzene ring substituents is 1. The number of nitro groups is 1. The highest BCUT2D eigenvalue weighted by atomic mass is 79.9. The molecule has 0 radical (unpaired) electrons. The summed E-state index contributed by atoms with van der Waals surface area (Å²) in [7, 11) is 1.33. The fraction of sp³-hybridized carbons (Fsp3) is 0.407. The van der Waals surface area contributed by atoms with E-state index in [2.05, 4.69) is 21.0 Å². The molecule has 2 aromatic carbocycles. The van der Waals surface area contributed by atoms with Gasteiger partial charge in [-0.25, -0.2) is 9.78 Å². The Bertz CT molecular complexity index is 1480. The van der Waals surface area contributed by atoms with Crippen LogP contribution in [0, 0.1) is 10.1 Å². The van der Waals surface area contributed by atoms with Crippen molar-refractivity contribution in [3.05, 3.63) is 66.7 Å². The first-order valence-electron chi connectivity index (χ1n) is 12.7. The molecule has 1 aliphatic carbocycles. The molecule has 1 aromatic heterocycles. The molecule has 1 heterocycles. The van der Waals surface area contributed by atoms with Crippen molar-refractivity contribution in [1.82, 2.24) is 9.66 Å². The molecule has 0 unspecified atom stereocenters. The molecular weight excluding hydrogens is 572 g/mol. The molecule has 0 aliphatic heterocycles. The highest BCUT2D eigenvalue weighted by molar-refractivity contribution is 9.10. The molecule has 11 nitrogen and oxygen atoms in total. The zero-order valence-corrected chi connectivity index (χ0v) is 23.5. The number of carbonyl (C=O) groups is 1. The van der Waals surface area contributed by atoms with Crippen molar-refractivity contribution in [2.24, 2.45) is 5.10 Å². The number of aromatic nitrogens is 2. The predicted molar refractivity (Wildman–Crippen MR) is 149 cm³/mol. The molecule has 12 heteroatoms. The third kappa shape index (κ3) is 6.27. The van der Waals surface area contributed by atoms with E-state index in [1.54, 1.807) is 19.1 Å². The highest BCUT2D eigenvalue weighted by Crippen LogP contribution is 2.39. The first-order valence-corrected chi connectivity index (χ1v) is 13.5. The second-order valence-electron chi connectivity index (χ2n) is 9.17. The fourth-order valence-corrected chi connectivity index (χ4v) is 4.96. The molecule has 0 N–H and O–H groups in total. The van der Waals surface area contributed by atoms with Gasteiger partial charge in [0.25, 0.3) is 5.56 Å². The summed E-state index contributed by atoms with van der Waals surface area (Å²) in [5.41, 5.74) is 0.130. The second-order valence-corrected chi connectivity index (χ2v) is 10.1. The Balaban J connectivity index is 1.79. The number of rotatable bonds is 9. The smallest absolute Gasteiger partial charge is 0.347 e. The zero-order valence-electron chi connectivity index (χ0n) is 21.9. The maximum Gasteiger partial charge on any atom is 0.347 e. The number of ether oxygens (including phenoxy) is 3. The van der Waals surface area contributed by atoms with Crippen molar-refractivity contribution < 1.29 is 23.9 Å². The lowest BCUT2D eigenvalue weighted by Crippen LogP contribution is -2.26. The Hall–Kier alpha value is -3.80. The lowest BCUT2D eigenvalue weighted by Gasteiger charge is -2.22. The standard InChI is InChI=1S/C27H29BrN4O7/c1-4-38-27(34)16(2)39-24-22(32(35)36)12-17(13-23(24)37-3)15-29-31-25(18-8-6-5-7-9-18)30-21-11-10-19(28)14-20(21)26(31)33/h10-16,18H,4-9H2,1-3H3/t16-/m1/s1. The van der Waals surface area contributed by atoms with Crippen LogP contribution in [-0.4, -0.2) is 46.6 Å². The SMILES string of the molecule is CCOC(=O)[C@@H](C)Oc1c(OC)cc(C=Nn2c(C3CCCCC3)nc3ccc(Br)cc3c2=O)cc1[N+](=O)[O-]. The van der Waals surface area contributed by atoms with Crippen molar-refractivity contribution in [3.63, 3.8) is 0 Å². The molecule has 1 aliphatic rings. The van der Waals surface area contributed by atoms with Crippen LogP contribution in [0.15, 0.2) is 44.7 Å². The summed E-state index contributed by atoms with van der Waals surface area (Å²) in [6, 6.07) is 8.07. The van der Waals surface area contributed by atoms with Crippen LogP contribution in [0.4, 0.5) is 5.69 Å². The minimum atomic E-state index is -1.10. The van der Waals surface area contributed by atoms with Crippen LogP contribution in [0.5, 0.6) is 11.5 Å². The van der Waals surface area contributed by atoms with Crippen LogP contribution >= 0.6 is 15.9 Å². The third-order valence-electron chi connectivity index (χ3n) is 6.51. The van der Waals surface area contributed by atoms with E-state index in [9.17, 15) is 19.7 Å². The van der Waals surface area contributed by atoms with Gasteiger partial charge in [0.1, 0.15) is 5.82 Å². The van der Waals surface area contributed by atoms with Crippen LogP contribution in [0.2, 0.25) is 0 Å². The average Bonchev–Trinajstić information content (AvgIpc) is 2.93. The largest absolute Gasteiger partial charge is 0.493 e. The van der Waals surface area contributed by atoms with Gasteiger partial charge in [-0.2, -0.15) is 9.78 Å². The van der Waals surface area contributed by atoms with Crippen molar-refractivity contribution in [2.45, 2.75) is 58.0 Å². The number of hydrogen-bond acceptors (Lipinski definition) is 9. The Labute approximate surface area is 233 Å². The minimum Gasteiger partial charge on any atom is -0.493 e. The normalized spacial score (nSPS) is 14.9. The van der Waals surface area contributed by atoms with Crippen LogP contribution in [0.1, 0.15) is 63.3 Å². The Morgan fingerprint density at radius 3 is 2.69 bits per heavy atom. The molecule has 4 rings (SSSR count). The summed E-state index contributed by atoms with van der Waals surface area (Å²) in [6.07, 6.45) is 5.26. The Morgan fingerprint density at radius 1 is 1.28 bits per heavy atom. The van der Waals surface area contributed by atoms with E-state index in [0.29, 0.717) is 22.3 Å². The maximum absolute atomic E-state index is 13.5. The summed E-state index contributed by atoms with van der Waals surface area (Å²) >= 11 is 3.41. The van der Waals surface area contributed by atoms with Gasteiger partial charge in [0, 0.05) is 22.0 Å². The van der Waals surface area contributed by atoms with Gasteiger partial charge < -0.3 is 14.2 Å². The second kappa shape index (κ2) is 12.4. The van der Waals surface area contributed by atoms with Gasteiger partial charge in [-0.1, -0.05) is 35.2 Å². The van der Waals surface area contributed by atoms with Crippen molar-refractivity contribution >= 4 is 44.7 Å². The van der Waals surface area contributed by atoms with Gasteiger partial charge in [0.15, 0.2) is 11.9 Å². The average molecular weight is 601 g/mol. The van der Waals surface area contributed by atoms with Gasteiger partial charge in [-0.15, -0.1) is 0 Å². The number of fused-ring (bicyclic) bond motifs is 1. The summed E-state index contributed by atoms with van der Waals surface area (Å²) < 4.78 is 17.9.